The first-order valence-electron chi connectivity index (χ1n) is 5.58. The fraction of sp³-hybridized carbons (Fsp3) is 0.143. The van der Waals surface area contributed by atoms with Gasteiger partial charge < -0.3 is 5.73 Å². The predicted octanol–water partition coefficient (Wildman–Crippen LogP) is 4.91. The van der Waals surface area contributed by atoms with Gasteiger partial charge in [0.25, 0.3) is 0 Å². The van der Waals surface area contributed by atoms with Crippen molar-refractivity contribution in [1.82, 2.24) is 0 Å². The van der Waals surface area contributed by atoms with E-state index < -0.39 is 11.7 Å². The lowest BCUT2D eigenvalue weighted by atomic mass is 9.99. The molecule has 6 heteroatoms. The average molecular weight is 322 g/mol. The molecule has 0 amide bonds. The molecule has 20 heavy (non-hydrogen) atoms. The Kier molecular flexibility index (Phi) is 5.45. The van der Waals surface area contributed by atoms with Crippen LogP contribution in [-0.4, -0.2) is 0 Å². The molecule has 0 fully saturated rings. The SMILES string of the molecule is Cl.NCc1ccc(-c2ccc(Cl)cc2)cc1C(F)(F)F. The fourth-order valence-corrected chi connectivity index (χ4v) is 1.97. The number of benzene rings is 2. The number of hydrogen-bond acceptors (Lipinski definition) is 1. The Morgan fingerprint density at radius 3 is 2.00 bits per heavy atom. The van der Waals surface area contributed by atoms with Gasteiger partial charge in [-0.25, -0.2) is 0 Å². The average Bonchev–Trinajstić information content (AvgIpc) is 2.38. The quantitative estimate of drug-likeness (QED) is 0.835. The Labute approximate surface area is 126 Å². The van der Waals surface area contributed by atoms with E-state index in [1.165, 1.54) is 6.07 Å². The van der Waals surface area contributed by atoms with Crippen molar-refractivity contribution in [2.75, 3.05) is 0 Å². The van der Waals surface area contributed by atoms with E-state index in [-0.39, 0.29) is 24.5 Å². The van der Waals surface area contributed by atoms with Gasteiger partial charge in [-0.2, -0.15) is 13.2 Å². The van der Waals surface area contributed by atoms with Crippen LogP contribution in [0.5, 0.6) is 0 Å². The Balaban J connectivity index is 0.00000200. The van der Waals surface area contributed by atoms with Crippen LogP contribution < -0.4 is 5.73 Å². The third-order valence-corrected chi connectivity index (χ3v) is 3.06. The van der Waals surface area contributed by atoms with E-state index in [9.17, 15) is 13.2 Å². The lowest BCUT2D eigenvalue weighted by Crippen LogP contribution is -2.12. The molecule has 2 aromatic rings. The highest BCUT2D eigenvalue weighted by atomic mass is 35.5. The number of alkyl halides is 3. The minimum Gasteiger partial charge on any atom is -0.326 e. The molecule has 0 bridgehead atoms. The van der Waals surface area contributed by atoms with Crippen LogP contribution in [0.3, 0.4) is 0 Å². The summed E-state index contributed by atoms with van der Waals surface area (Å²) in [5.41, 5.74) is 5.90. The minimum atomic E-state index is -4.41. The minimum absolute atomic E-state index is 0. The van der Waals surface area contributed by atoms with Gasteiger partial charge in [-0.05, 0) is 34.9 Å². The van der Waals surface area contributed by atoms with Crippen LogP contribution >= 0.6 is 24.0 Å². The second-order valence-corrected chi connectivity index (χ2v) is 4.52. The molecule has 0 radical (unpaired) electrons. The van der Waals surface area contributed by atoms with Crippen LogP contribution in [0.25, 0.3) is 11.1 Å². The van der Waals surface area contributed by atoms with Gasteiger partial charge >= 0.3 is 6.18 Å². The van der Waals surface area contributed by atoms with Gasteiger partial charge in [-0.1, -0.05) is 35.9 Å². The Morgan fingerprint density at radius 2 is 1.50 bits per heavy atom. The molecule has 0 saturated heterocycles. The van der Waals surface area contributed by atoms with Crippen molar-refractivity contribution in [3.63, 3.8) is 0 Å². The molecular formula is C14H12Cl2F3N. The lowest BCUT2D eigenvalue weighted by molar-refractivity contribution is -0.138. The van der Waals surface area contributed by atoms with E-state index in [0.29, 0.717) is 16.1 Å². The van der Waals surface area contributed by atoms with Crippen LogP contribution in [0.15, 0.2) is 42.5 Å². The smallest absolute Gasteiger partial charge is 0.326 e. The molecule has 0 unspecified atom stereocenters. The topological polar surface area (TPSA) is 26.0 Å². The number of rotatable bonds is 2. The molecule has 1 nitrogen and oxygen atoms in total. The summed E-state index contributed by atoms with van der Waals surface area (Å²) in [4.78, 5) is 0. The Morgan fingerprint density at radius 1 is 0.950 bits per heavy atom. The molecule has 0 atom stereocenters. The van der Waals surface area contributed by atoms with Crippen molar-refractivity contribution < 1.29 is 13.2 Å². The summed E-state index contributed by atoms with van der Waals surface area (Å²) < 4.78 is 38.8. The number of hydrogen-bond donors (Lipinski definition) is 1. The first-order valence-corrected chi connectivity index (χ1v) is 5.96. The van der Waals surface area contributed by atoms with Crippen LogP contribution in [0, 0.1) is 0 Å². The largest absolute Gasteiger partial charge is 0.416 e. The van der Waals surface area contributed by atoms with E-state index >= 15 is 0 Å². The second-order valence-electron chi connectivity index (χ2n) is 4.08. The maximum Gasteiger partial charge on any atom is 0.416 e. The van der Waals surface area contributed by atoms with Gasteiger partial charge in [-0.3, -0.25) is 0 Å². The van der Waals surface area contributed by atoms with E-state index in [0.717, 1.165) is 6.07 Å². The molecule has 108 valence electrons. The highest BCUT2D eigenvalue weighted by Gasteiger charge is 2.33. The molecule has 2 rings (SSSR count). The van der Waals surface area contributed by atoms with Crippen molar-refractivity contribution in [3.05, 3.63) is 58.6 Å². The number of nitrogens with two attached hydrogens (primary N) is 1. The highest BCUT2D eigenvalue weighted by molar-refractivity contribution is 6.30. The fourth-order valence-electron chi connectivity index (χ4n) is 1.84. The summed E-state index contributed by atoms with van der Waals surface area (Å²) in [6, 6.07) is 10.8. The monoisotopic (exact) mass is 321 g/mol. The highest BCUT2D eigenvalue weighted by Crippen LogP contribution is 2.35. The maximum atomic E-state index is 12.9. The van der Waals surface area contributed by atoms with Gasteiger partial charge in [0.2, 0.25) is 0 Å². The van der Waals surface area contributed by atoms with Gasteiger partial charge in [0.05, 0.1) is 5.56 Å². The first kappa shape index (κ1) is 16.8. The van der Waals surface area contributed by atoms with Gasteiger partial charge in [0.1, 0.15) is 0 Å². The van der Waals surface area contributed by atoms with Gasteiger partial charge in [0, 0.05) is 11.6 Å². The zero-order chi connectivity index (χ0) is 14.0. The van der Waals surface area contributed by atoms with Crippen LogP contribution in [0.4, 0.5) is 13.2 Å². The molecule has 2 N–H and O–H groups in total. The van der Waals surface area contributed by atoms with E-state index in [2.05, 4.69) is 0 Å². The Bertz CT molecular complexity index is 580. The summed E-state index contributed by atoms with van der Waals surface area (Å²) in [5, 5.41) is 0.540. The van der Waals surface area contributed by atoms with Crippen molar-refractivity contribution in [2.45, 2.75) is 12.7 Å². The third kappa shape index (κ3) is 3.66. The molecule has 0 spiro atoms. The van der Waals surface area contributed by atoms with Crippen LogP contribution in [-0.2, 0) is 12.7 Å². The molecule has 0 aliphatic carbocycles. The van der Waals surface area contributed by atoms with Crippen LogP contribution in [0.1, 0.15) is 11.1 Å². The predicted molar refractivity (Wildman–Crippen MR) is 77.0 cm³/mol. The van der Waals surface area contributed by atoms with Crippen molar-refractivity contribution in [2.24, 2.45) is 5.73 Å². The zero-order valence-corrected chi connectivity index (χ0v) is 11.8. The molecule has 0 aliphatic heterocycles. The molecule has 0 aromatic heterocycles. The first-order chi connectivity index (χ1) is 8.91. The van der Waals surface area contributed by atoms with E-state index in [1.807, 2.05) is 0 Å². The molecule has 0 aliphatic rings. The summed E-state index contributed by atoms with van der Waals surface area (Å²) in [6.07, 6.45) is -4.41. The van der Waals surface area contributed by atoms with Gasteiger partial charge in [-0.15, -0.1) is 12.4 Å². The standard InChI is InChI=1S/C14H11ClF3N.ClH/c15-12-5-3-9(4-6-12)10-1-2-11(8-19)13(7-10)14(16,17)18;/h1-7H,8,19H2;1H. The van der Waals surface area contributed by atoms with Crippen molar-refractivity contribution >= 4 is 24.0 Å². The summed E-state index contributed by atoms with van der Waals surface area (Å²) in [6.45, 7) is -0.143. The molecular weight excluding hydrogens is 310 g/mol. The zero-order valence-electron chi connectivity index (χ0n) is 10.2. The summed E-state index contributed by atoms with van der Waals surface area (Å²) >= 11 is 5.75. The third-order valence-electron chi connectivity index (χ3n) is 2.81. The second kappa shape index (κ2) is 6.48. The van der Waals surface area contributed by atoms with Crippen molar-refractivity contribution in [1.29, 1.82) is 0 Å². The van der Waals surface area contributed by atoms with Crippen molar-refractivity contribution in [3.8, 4) is 11.1 Å². The molecule has 0 heterocycles. The van der Waals surface area contributed by atoms with E-state index in [1.54, 1.807) is 30.3 Å². The normalized spacial score (nSPS) is 11.1. The number of halogens is 5. The van der Waals surface area contributed by atoms with E-state index in [4.69, 9.17) is 17.3 Å². The molecule has 0 saturated carbocycles. The van der Waals surface area contributed by atoms with Crippen LogP contribution in [0.2, 0.25) is 5.02 Å². The Hall–Kier alpha value is -1.23. The van der Waals surface area contributed by atoms with Gasteiger partial charge in [0.15, 0.2) is 0 Å². The summed E-state index contributed by atoms with van der Waals surface area (Å²) in [7, 11) is 0. The lowest BCUT2D eigenvalue weighted by Gasteiger charge is -2.13. The summed E-state index contributed by atoms with van der Waals surface area (Å²) in [5.74, 6) is 0. The molecule has 2 aromatic carbocycles. The maximum absolute atomic E-state index is 12.9.